The van der Waals surface area contributed by atoms with E-state index in [0.29, 0.717) is 30.0 Å². The van der Waals surface area contributed by atoms with E-state index >= 15 is 0 Å². The number of nitrogens with one attached hydrogen (secondary N) is 1. The zero-order valence-electron chi connectivity index (χ0n) is 18.2. The predicted molar refractivity (Wildman–Crippen MR) is 120 cm³/mol. The predicted octanol–water partition coefficient (Wildman–Crippen LogP) is 1.96. The molecule has 3 aromatic rings. The number of fused-ring (bicyclic) bond motifs is 1. The third-order valence-electron chi connectivity index (χ3n) is 4.93. The molecule has 0 saturated carbocycles. The molecule has 2 aromatic carbocycles. The summed E-state index contributed by atoms with van der Waals surface area (Å²) in [6.45, 7) is 4.55. The summed E-state index contributed by atoms with van der Waals surface area (Å²) < 4.78 is 11.9. The molecule has 0 aliphatic rings. The van der Waals surface area contributed by atoms with E-state index in [9.17, 15) is 9.59 Å². The topological polar surface area (TPSA) is 98.6 Å². The number of amides is 2. The van der Waals surface area contributed by atoms with Crippen LogP contribution in [0.4, 0.5) is 0 Å². The van der Waals surface area contributed by atoms with E-state index in [1.807, 2.05) is 24.3 Å². The monoisotopic (exact) mass is 437 g/mol. The number of benzene rings is 2. The van der Waals surface area contributed by atoms with Crippen molar-refractivity contribution >= 4 is 22.8 Å². The Morgan fingerprint density at radius 3 is 2.78 bits per heavy atom. The van der Waals surface area contributed by atoms with Gasteiger partial charge in [0.2, 0.25) is 11.8 Å². The molecule has 1 aromatic heterocycles. The van der Waals surface area contributed by atoms with Gasteiger partial charge in [-0.15, -0.1) is 11.7 Å². The highest BCUT2D eigenvalue weighted by Crippen LogP contribution is 2.25. The van der Waals surface area contributed by atoms with Crippen LogP contribution in [0.1, 0.15) is 11.6 Å². The van der Waals surface area contributed by atoms with Crippen LogP contribution in [0.15, 0.2) is 61.2 Å². The molecule has 0 radical (unpaired) electrons. The lowest BCUT2D eigenvalue weighted by atomic mass is 10.0. The number of ether oxygens (including phenoxy) is 2. The van der Waals surface area contributed by atoms with Gasteiger partial charge in [0.25, 0.3) is 0 Å². The van der Waals surface area contributed by atoms with Crippen LogP contribution in [0.2, 0.25) is 0 Å². The Bertz CT molecular complexity index is 1080. The van der Waals surface area contributed by atoms with Gasteiger partial charge in [-0.3, -0.25) is 9.59 Å². The van der Waals surface area contributed by atoms with Crippen molar-refractivity contribution in [3.8, 4) is 5.75 Å². The van der Waals surface area contributed by atoms with Gasteiger partial charge in [-0.25, -0.2) is 4.68 Å². The second-order valence-electron chi connectivity index (χ2n) is 7.03. The fraction of sp³-hybridized carbons (Fsp3) is 0.304. The zero-order chi connectivity index (χ0) is 22.9. The van der Waals surface area contributed by atoms with Crippen molar-refractivity contribution in [2.75, 3.05) is 33.9 Å². The molecule has 1 atom stereocenters. The van der Waals surface area contributed by atoms with Crippen LogP contribution in [0.3, 0.4) is 0 Å². The molecule has 9 nitrogen and oxygen atoms in total. The van der Waals surface area contributed by atoms with Crippen molar-refractivity contribution in [3.63, 3.8) is 0 Å². The average Bonchev–Trinajstić information content (AvgIpc) is 3.22. The Morgan fingerprint density at radius 1 is 1.22 bits per heavy atom. The van der Waals surface area contributed by atoms with Crippen molar-refractivity contribution in [2.24, 2.45) is 0 Å². The fourth-order valence-corrected chi connectivity index (χ4v) is 3.40. The van der Waals surface area contributed by atoms with Crippen molar-refractivity contribution in [1.29, 1.82) is 0 Å². The van der Waals surface area contributed by atoms with Crippen molar-refractivity contribution in [3.05, 3.63) is 66.7 Å². The minimum atomic E-state index is -0.887. The molecule has 1 heterocycles. The number of para-hydroxylation sites is 1. The van der Waals surface area contributed by atoms with Gasteiger partial charge in [-0.05, 0) is 29.8 Å². The molecule has 0 aliphatic carbocycles. The van der Waals surface area contributed by atoms with Gasteiger partial charge in [0.05, 0.1) is 19.2 Å². The second kappa shape index (κ2) is 11.1. The quantitative estimate of drug-likeness (QED) is 0.364. The SMILES string of the molecule is C=CCN(C(=O)Cn1nnc2ccccc21)[C@@H](C(=O)NCCOC)c1cccc(OC)c1. The van der Waals surface area contributed by atoms with E-state index in [1.54, 1.807) is 44.6 Å². The van der Waals surface area contributed by atoms with Crippen LogP contribution in [-0.4, -0.2) is 65.6 Å². The van der Waals surface area contributed by atoms with Crippen molar-refractivity contribution in [1.82, 2.24) is 25.2 Å². The number of aromatic nitrogens is 3. The molecule has 0 unspecified atom stereocenters. The number of methoxy groups -OCH3 is 2. The van der Waals surface area contributed by atoms with Gasteiger partial charge in [0.1, 0.15) is 23.9 Å². The lowest BCUT2D eigenvalue weighted by molar-refractivity contribution is -0.140. The molecular weight excluding hydrogens is 410 g/mol. The minimum Gasteiger partial charge on any atom is -0.497 e. The van der Waals surface area contributed by atoms with Gasteiger partial charge >= 0.3 is 0 Å². The standard InChI is InChI=1S/C23H27N5O4/c1-4-13-27(21(29)16-28-20-11-6-5-10-19(20)25-26-28)22(23(30)24-12-14-31-2)17-8-7-9-18(15-17)32-3/h4-11,15,22H,1,12-14,16H2,2-3H3,(H,24,30)/t22-/m1/s1. The van der Waals surface area contributed by atoms with Crippen LogP contribution in [-0.2, 0) is 20.9 Å². The number of hydrogen-bond acceptors (Lipinski definition) is 6. The number of carbonyl (C=O) groups is 2. The average molecular weight is 438 g/mol. The molecular formula is C23H27N5O4. The summed E-state index contributed by atoms with van der Waals surface area (Å²) in [5.74, 6) is -0.0327. The normalized spacial score (nSPS) is 11.7. The first kappa shape index (κ1) is 23.0. The van der Waals surface area contributed by atoms with Gasteiger partial charge in [0, 0.05) is 20.2 Å². The first-order chi connectivity index (χ1) is 15.6. The number of hydrogen-bond donors (Lipinski definition) is 1. The second-order valence-corrected chi connectivity index (χ2v) is 7.03. The van der Waals surface area contributed by atoms with E-state index in [4.69, 9.17) is 9.47 Å². The van der Waals surface area contributed by atoms with Crippen molar-refractivity contribution in [2.45, 2.75) is 12.6 Å². The third-order valence-corrected chi connectivity index (χ3v) is 4.93. The van der Waals surface area contributed by atoms with Crippen LogP contribution in [0.25, 0.3) is 11.0 Å². The molecule has 2 amide bonds. The van der Waals surface area contributed by atoms with Crippen molar-refractivity contribution < 1.29 is 19.1 Å². The molecule has 9 heteroatoms. The molecule has 3 rings (SSSR count). The number of nitrogens with zero attached hydrogens (tertiary/aromatic N) is 4. The molecule has 0 fully saturated rings. The Hall–Kier alpha value is -3.72. The largest absolute Gasteiger partial charge is 0.497 e. The van der Waals surface area contributed by atoms with Gasteiger partial charge < -0.3 is 19.7 Å². The van der Waals surface area contributed by atoms with Gasteiger partial charge in [0.15, 0.2) is 0 Å². The maximum absolute atomic E-state index is 13.4. The van der Waals surface area contributed by atoms with Crippen LogP contribution < -0.4 is 10.1 Å². The molecule has 1 N–H and O–H groups in total. The molecule has 0 aliphatic heterocycles. The van der Waals surface area contributed by atoms with E-state index in [0.717, 1.165) is 5.52 Å². The summed E-state index contributed by atoms with van der Waals surface area (Å²) in [7, 11) is 3.11. The summed E-state index contributed by atoms with van der Waals surface area (Å²) >= 11 is 0. The highest BCUT2D eigenvalue weighted by atomic mass is 16.5. The lowest BCUT2D eigenvalue weighted by Crippen LogP contribution is -2.45. The number of carbonyl (C=O) groups excluding carboxylic acids is 2. The maximum atomic E-state index is 13.4. The summed E-state index contributed by atoms with van der Waals surface area (Å²) in [5, 5.41) is 11.0. The first-order valence-electron chi connectivity index (χ1n) is 10.2. The summed E-state index contributed by atoms with van der Waals surface area (Å²) in [5.41, 5.74) is 2.05. The van der Waals surface area contributed by atoms with E-state index in [-0.39, 0.29) is 24.9 Å². The summed E-state index contributed by atoms with van der Waals surface area (Å²) in [4.78, 5) is 28.1. The fourth-order valence-electron chi connectivity index (χ4n) is 3.40. The Morgan fingerprint density at radius 2 is 2.03 bits per heavy atom. The summed E-state index contributed by atoms with van der Waals surface area (Å²) in [6, 6.07) is 13.6. The van der Waals surface area contributed by atoms with Gasteiger partial charge in [-0.1, -0.05) is 35.6 Å². The highest BCUT2D eigenvalue weighted by Gasteiger charge is 2.31. The lowest BCUT2D eigenvalue weighted by Gasteiger charge is -2.30. The first-order valence-corrected chi connectivity index (χ1v) is 10.2. The minimum absolute atomic E-state index is 0.0693. The molecule has 0 bridgehead atoms. The molecule has 32 heavy (non-hydrogen) atoms. The summed E-state index contributed by atoms with van der Waals surface area (Å²) in [6.07, 6.45) is 1.59. The van der Waals surface area contributed by atoms with E-state index in [2.05, 4.69) is 22.2 Å². The number of rotatable bonds is 11. The molecule has 0 saturated heterocycles. The van der Waals surface area contributed by atoms with Gasteiger partial charge in [-0.2, -0.15) is 0 Å². The van der Waals surface area contributed by atoms with E-state index in [1.165, 1.54) is 9.58 Å². The third kappa shape index (κ3) is 5.30. The maximum Gasteiger partial charge on any atom is 0.247 e. The molecule has 0 spiro atoms. The van der Waals surface area contributed by atoms with E-state index < -0.39 is 6.04 Å². The molecule has 168 valence electrons. The van der Waals surface area contributed by atoms with Crippen LogP contribution in [0.5, 0.6) is 5.75 Å². The highest BCUT2D eigenvalue weighted by molar-refractivity contribution is 5.89. The van der Waals surface area contributed by atoms with Crippen LogP contribution in [0, 0.1) is 0 Å². The Balaban J connectivity index is 1.94. The Labute approximate surface area is 186 Å². The smallest absolute Gasteiger partial charge is 0.247 e. The zero-order valence-corrected chi connectivity index (χ0v) is 18.2. The Kier molecular flexibility index (Phi) is 7.93. The van der Waals surface area contributed by atoms with Crippen LogP contribution >= 0.6 is 0 Å².